The largest absolute Gasteiger partial charge is 0.465 e. The van der Waals surface area contributed by atoms with Crippen LogP contribution in [0, 0.1) is 0 Å². The van der Waals surface area contributed by atoms with Crippen LogP contribution in [0.2, 0.25) is 10.2 Å². The maximum atomic E-state index is 11.6. The third-order valence-electron chi connectivity index (χ3n) is 2.08. The normalized spacial score (nSPS) is 10.7. The molecule has 0 amide bonds. The Bertz CT molecular complexity index is 421. The topological polar surface area (TPSA) is 57.7 Å². The molecule has 17 heavy (non-hydrogen) atoms. The molecule has 1 aromatic heterocycles. The van der Waals surface area contributed by atoms with Gasteiger partial charge in [-0.15, -0.1) is 0 Å². The molecule has 0 aromatic carbocycles. The number of hydrogen-bond donors (Lipinski definition) is 0. The van der Waals surface area contributed by atoms with Gasteiger partial charge in [0.15, 0.2) is 6.29 Å². The monoisotopic (exact) mass is 279 g/mol. The van der Waals surface area contributed by atoms with E-state index in [9.17, 15) is 4.79 Å². The molecule has 0 unspecified atom stereocenters. The van der Waals surface area contributed by atoms with E-state index in [0.29, 0.717) is 5.56 Å². The molecule has 0 spiro atoms. The van der Waals surface area contributed by atoms with Crippen LogP contribution in [-0.4, -0.2) is 32.3 Å². The van der Waals surface area contributed by atoms with Crippen LogP contribution >= 0.6 is 23.2 Å². The molecule has 0 N–H and O–H groups in total. The highest BCUT2D eigenvalue weighted by molar-refractivity contribution is 6.35. The summed E-state index contributed by atoms with van der Waals surface area (Å²) in [5.74, 6) is -0.654. The van der Waals surface area contributed by atoms with Crippen molar-refractivity contribution in [2.45, 2.75) is 6.29 Å². The molecule has 0 atom stereocenters. The summed E-state index contributed by atoms with van der Waals surface area (Å²) >= 11 is 11.8. The van der Waals surface area contributed by atoms with E-state index in [0.717, 1.165) is 0 Å². The first-order valence-electron chi connectivity index (χ1n) is 4.54. The quantitative estimate of drug-likeness (QED) is 0.481. The summed E-state index contributed by atoms with van der Waals surface area (Å²) in [6.07, 6.45) is 0.494. The van der Waals surface area contributed by atoms with E-state index in [1.54, 1.807) is 0 Å². The maximum Gasteiger partial charge on any atom is 0.341 e. The van der Waals surface area contributed by atoms with Crippen molar-refractivity contribution in [1.29, 1.82) is 0 Å². The number of nitrogens with zero attached hydrogens (tertiary/aromatic N) is 1. The minimum atomic E-state index is -0.822. The molecule has 0 radical (unpaired) electrons. The molecular formula is C10H11Cl2NO4. The Hall–Kier alpha value is -0.880. The van der Waals surface area contributed by atoms with Gasteiger partial charge in [0.2, 0.25) is 0 Å². The van der Waals surface area contributed by atoms with Crippen molar-refractivity contribution in [3.63, 3.8) is 0 Å². The van der Waals surface area contributed by atoms with E-state index < -0.39 is 12.3 Å². The first kappa shape index (κ1) is 14.2. The maximum absolute atomic E-state index is 11.6. The molecule has 1 aromatic rings. The van der Waals surface area contributed by atoms with Crippen LogP contribution in [0.4, 0.5) is 0 Å². The number of hydrogen-bond acceptors (Lipinski definition) is 5. The van der Waals surface area contributed by atoms with Crippen molar-refractivity contribution in [2.75, 3.05) is 21.3 Å². The van der Waals surface area contributed by atoms with E-state index in [4.69, 9.17) is 32.7 Å². The average molecular weight is 280 g/mol. The molecule has 1 heterocycles. The molecule has 0 fully saturated rings. The molecule has 0 bridgehead atoms. The number of ether oxygens (including phenoxy) is 3. The third-order valence-corrected chi connectivity index (χ3v) is 2.67. The van der Waals surface area contributed by atoms with Gasteiger partial charge in [0, 0.05) is 26.0 Å². The molecule has 0 saturated heterocycles. The smallest absolute Gasteiger partial charge is 0.341 e. The molecule has 0 saturated carbocycles. The number of carbonyl (C=O) groups excluding carboxylic acids is 1. The first-order chi connectivity index (χ1) is 8.06. The molecule has 1 rings (SSSR count). The van der Waals surface area contributed by atoms with E-state index in [1.165, 1.54) is 27.5 Å². The second-order valence-electron chi connectivity index (χ2n) is 2.98. The predicted octanol–water partition coefficient (Wildman–Crippen LogP) is 2.47. The Labute approximate surface area is 109 Å². The molecular weight excluding hydrogens is 269 g/mol. The summed E-state index contributed by atoms with van der Waals surface area (Å²) in [5.41, 5.74) is 0.332. The average Bonchev–Trinajstić information content (AvgIpc) is 2.34. The molecule has 94 valence electrons. The van der Waals surface area contributed by atoms with Gasteiger partial charge in [-0.25, -0.2) is 9.78 Å². The second-order valence-corrected chi connectivity index (χ2v) is 3.75. The molecule has 7 heteroatoms. The molecule has 0 aliphatic rings. The van der Waals surface area contributed by atoms with Crippen LogP contribution in [0.5, 0.6) is 0 Å². The van der Waals surface area contributed by atoms with Gasteiger partial charge in [0.05, 0.1) is 12.1 Å². The Kier molecular flexibility index (Phi) is 5.14. The fourth-order valence-corrected chi connectivity index (χ4v) is 1.80. The molecule has 0 aliphatic heterocycles. The van der Waals surface area contributed by atoms with E-state index in [2.05, 4.69) is 9.72 Å². The SMILES string of the molecule is COC(=O)c1c(Cl)ncc(Cl)c1C(OC)OC. The Balaban J connectivity index is 3.44. The number of aromatic nitrogens is 1. The van der Waals surface area contributed by atoms with Gasteiger partial charge < -0.3 is 14.2 Å². The van der Waals surface area contributed by atoms with E-state index >= 15 is 0 Å². The fraction of sp³-hybridized carbons (Fsp3) is 0.400. The number of methoxy groups -OCH3 is 3. The van der Waals surface area contributed by atoms with Crippen LogP contribution in [0.25, 0.3) is 0 Å². The number of carbonyl (C=O) groups is 1. The van der Waals surface area contributed by atoms with Crippen LogP contribution < -0.4 is 0 Å². The zero-order valence-electron chi connectivity index (χ0n) is 9.49. The van der Waals surface area contributed by atoms with Crippen molar-refractivity contribution in [2.24, 2.45) is 0 Å². The number of pyridine rings is 1. The summed E-state index contributed by atoms with van der Waals surface area (Å²) < 4.78 is 14.7. The zero-order valence-corrected chi connectivity index (χ0v) is 11.0. The standard InChI is InChI=1S/C10H11Cl2NO4/c1-15-9(14)7-6(10(16-2)17-3)5(11)4-13-8(7)12/h4,10H,1-3H3. The molecule has 5 nitrogen and oxygen atoms in total. The lowest BCUT2D eigenvalue weighted by atomic mass is 10.1. The third kappa shape index (κ3) is 2.87. The lowest BCUT2D eigenvalue weighted by Crippen LogP contribution is -2.14. The van der Waals surface area contributed by atoms with Gasteiger partial charge in [0.25, 0.3) is 0 Å². The van der Waals surface area contributed by atoms with Crippen LogP contribution in [0.3, 0.4) is 0 Å². The first-order valence-corrected chi connectivity index (χ1v) is 5.30. The minimum Gasteiger partial charge on any atom is -0.465 e. The Morgan fingerprint density at radius 2 is 1.88 bits per heavy atom. The van der Waals surface area contributed by atoms with Crippen LogP contribution in [-0.2, 0) is 14.2 Å². The summed E-state index contributed by atoms with van der Waals surface area (Å²) in [4.78, 5) is 15.4. The highest BCUT2D eigenvalue weighted by Gasteiger charge is 2.26. The number of rotatable bonds is 4. The lowest BCUT2D eigenvalue weighted by Gasteiger charge is -2.18. The van der Waals surface area contributed by atoms with Crippen molar-refractivity contribution in [1.82, 2.24) is 4.98 Å². The Morgan fingerprint density at radius 1 is 1.29 bits per heavy atom. The lowest BCUT2D eigenvalue weighted by molar-refractivity contribution is -0.106. The summed E-state index contributed by atoms with van der Waals surface area (Å²) in [6, 6.07) is 0. The van der Waals surface area contributed by atoms with Crippen LogP contribution in [0.15, 0.2) is 6.20 Å². The van der Waals surface area contributed by atoms with Crippen molar-refractivity contribution >= 4 is 29.2 Å². The van der Waals surface area contributed by atoms with Crippen LogP contribution in [0.1, 0.15) is 22.2 Å². The number of esters is 1. The van der Waals surface area contributed by atoms with Crippen molar-refractivity contribution in [3.8, 4) is 0 Å². The van der Waals surface area contributed by atoms with Gasteiger partial charge >= 0.3 is 5.97 Å². The predicted molar refractivity (Wildman–Crippen MR) is 62.4 cm³/mol. The van der Waals surface area contributed by atoms with Crippen molar-refractivity contribution in [3.05, 3.63) is 27.5 Å². The highest BCUT2D eigenvalue weighted by Crippen LogP contribution is 2.32. The van der Waals surface area contributed by atoms with E-state index in [-0.39, 0.29) is 15.7 Å². The van der Waals surface area contributed by atoms with E-state index in [1.807, 2.05) is 0 Å². The highest BCUT2D eigenvalue weighted by atomic mass is 35.5. The summed E-state index contributed by atoms with van der Waals surface area (Å²) in [5, 5.41) is 0.193. The van der Waals surface area contributed by atoms with Crippen molar-refractivity contribution < 1.29 is 19.0 Å². The van der Waals surface area contributed by atoms with Gasteiger partial charge in [-0.3, -0.25) is 0 Å². The Morgan fingerprint density at radius 3 is 2.35 bits per heavy atom. The summed E-state index contributed by atoms with van der Waals surface area (Å²) in [7, 11) is 4.07. The van der Waals surface area contributed by atoms with Gasteiger partial charge in [0.1, 0.15) is 10.7 Å². The van der Waals surface area contributed by atoms with Gasteiger partial charge in [-0.2, -0.15) is 0 Å². The summed E-state index contributed by atoms with van der Waals surface area (Å²) in [6.45, 7) is 0. The second kappa shape index (κ2) is 6.16. The molecule has 0 aliphatic carbocycles. The van der Waals surface area contributed by atoms with Gasteiger partial charge in [-0.1, -0.05) is 23.2 Å². The van der Waals surface area contributed by atoms with Gasteiger partial charge in [-0.05, 0) is 0 Å². The number of halogens is 2. The fourth-order valence-electron chi connectivity index (χ4n) is 1.34. The minimum absolute atomic E-state index is 0.0182. The zero-order chi connectivity index (χ0) is 13.0.